The van der Waals surface area contributed by atoms with E-state index in [4.69, 9.17) is 0 Å². The third-order valence-electron chi connectivity index (χ3n) is 3.83. The lowest BCUT2D eigenvalue weighted by Gasteiger charge is -2.13. The Morgan fingerprint density at radius 3 is 2.73 bits per heavy atom. The molecule has 1 amide bonds. The van der Waals surface area contributed by atoms with Crippen LogP contribution in [0.2, 0.25) is 0 Å². The molecule has 1 aromatic heterocycles. The van der Waals surface area contributed by atoms with Gasteiger partial charge >= 0.3 is 0 Å². The van der Waals surface area contributed by atoms with Crippen LogP contribution in [-0.4, -0.2) is 22.6 Å². The summed E-state index contributed by atoms with van der Waals surface area (Å²) in [6, 6.07) is 3.65. The van der Waals surface area contributed by atoms with Crippen LogP contribution in [0.25, 0.3) is 0 Å². The topological polar surface area (TPSA) is 66.9 Å². The molecule has 22 heavy (non-hydrogen) atoms. The first-order chi connectivity index (χ1) is 10.8. The predicted octanol–water partition coefficient (Wildman–Crippen LogP) is 3.91. The zero-order valence-corrected chi connectivity index (χ0v) is 13.4. The number of rotatable bonds is 8. The van der Waals surface area contributed by atoms with Crippen LogP contribution in [0, 0.1) is 0 Å². The van der Waals surface area contributed by atoms with E-state index in [-0.39, 0.29) is 5.91 Å². The summed E-state index contributed by atoms with van der Waals surface area (Å²) in [5, 5.41) is 14.2. The minimum Gasteiger partial charge on any atom is -0.368 e. The molecule has 1 aliphatic carbocycles. The standard InChI is InChI=1S/C17H26N4O/c1-2-3-9-17(22)19-16-11-10-15(20-21-16)18-13-12-14-7-5-4-6-8-14/h7,10-11H,2-6,8-9,12-13H2,1H3,(H,18,20)(H,19,21,22). The molecular formula is C17H26N4O. The fourth-order valence-corrected chi connectivity index (χ4v) is 2.52. The maximum Gasteiger partial charge on any atom is 0.225 e. The van der Waals surface area contributed by atoms with E-state index in [1.165, 1.54) is 25.7 Å². The van der Waals surface area contributed by atoms with Gasteiger partial charge in [-0.1, -0.05) is 25.0 Å². The average molecular weight is 302 g/mol. The highest BCUT2D eigenvalue weighted by Crippen LogP contribution is 2.19. The van der Waals surface area contributed by atoms with Crippen molar-refractivity contribution < 1.29 is 4.79 Å². The van der Waals surface area contributed by atoms with E-state index in [1.807, 2.05) is 6.07 Å². The maximum absolute atomic E-state index is 11.6. The molecule has 0 radical (unpaired) electrons. The summed E-state index contributed by atoms with van der Waals surface area (Å²) in [5.74, 6) is 1.27. The summed E-state index contributed by atoms with van der Waals surface area (Å²) >= 11 is 0. The lowest BCUT2D eigenvalue weighted by molar-refractivity contribution is -0.116. The van der Waals surface area contributed by atoms with Gasteiger partial charge < -0.3 is 10.6 Å². The van der Waals surface area contributed by atoms with Crippen LogP contribution in [0.4, 0.5) is 11.6 Å². The Bertz CT molecular complexity index is 496. The summed E-state index contributed by atoms with van der Waals surface area (Å²) in [6.07, 6.45) is 11.0. The van der Waals surface area contributed by atoms with Crippen molar-refractivity contribution in [1.29, 1.82) is 0 Å². The van der Waals surface area contributed by atoms with Gasteiger partial charge in [-0.25, -0.2) is 0 Å². The average Bonchev–Trinajstić information content (AvgIpc) is 2.55. The smallest absolute Gasteiger partial charge is 0.225 e. The van der Waals surface area contributed by atoms with E-state index in [1.54, 1.807) is 11.6 Å². The number of anilines is 2. The van der Waals surface area contributed by atoms with Gasteiger partial charge in [-0.3, -0.25) is 4.79 Å². The maximum atomic E-state index is 11.6. The number of nitrogens with zero attached hydrogens (tertiary/aromatic N) is 2. The first-order valence-corrected chi connectivity index (χ1v) is 8.33. The molecular weight excluding hydrogens is 276 g/mol. The number of unbranched alkanes of at least 4 members (excludes halogenated alkanes) is 1. The lowest BCUT2D eigenvalue weighted by Crippen LogP contribution is -2.13. The molecule has 0 fully saturated rings. The number of allylic oxidation sites excluding steroid dienone is 1. The van der Waals surface area contributed by atoms with E-state index < -0.39 is 0 Å². The second-order valence-electron chi connectivity index (χ2n) is 5.74. The van der Waals surface area contributed by atoms with Crippen molar-refractivity contribution in [3.63, 3.8) is 0 Å². The number of carbonyl (C=O) groups excluding carboxylic acids is 1. The van der Waals surface area contributed by atoms with Gasteiger partial charge in [0.1, 0.15) is 5.82 Å². The zero-order valence-electron chi connectivity index (χ0n) is 13.4. The molecule has 120 valence electrons. The highest BCUT2D eigenvalue weighted by molar-refractivity contribution is 5.89. The second kappa shape index (κ2) is 9.18. The van der Waals surface area contributed by atoms with Crippen molar-refractivity contribution in [2.45, 2.75) is 58.3 Å². The van der Waals surface area contributed by atoms with Gasteiger partial charge in [0.2, 0.25) is 5.91 Å². The fourth-order valence-electron chi connectivity index (χ4n) is 2.52. The third kappa shape index (κ3) is 5.84. The molecule has 2 rings (SSSR count). The predicted molar refractivity (Wildman–Crippen MR) is 89.8 cm³/mol. The van der Waals surface area contributed by atoms with Gasteiger partial charge in [0.25, 0.3) is 0 Å². The van der Waals surface area contributed by atoms with Crippen molar-refractivity contribution in [1.82, 2.24) is 10.2 Å². The Morgan fingerprint density at radius 1 is 1.23 bits per heavy atom. The summed E-state index contributed by atoms with van der Waals surface area (Å²) < 4.78 is 0. The normalized spacial score (nSPS) is 14.3. The molecule has 0 aromatic carbocycles. The van der Waals surface area contributed by atoms with E-state index in [2.05, 4.69) is 33.8 Å². The number of carbonyl (C=O) groups is 1. The number of amides is 1. The van der Waals surface area contributed by atoms with Crippen molar-refractivity contribution >= 4 is 17.5 Å². The molecule has 0 aliphatic heterocycles. The van der Waals surface area contributed by atoms with Crippen LogP contribution in [0.3, 0.4) is 0 Å². The molecule has 0 saturated carbocycles. The van der Waals surface area contributed by atoms with Crippen LogP contribution >= 0.6 is 0 Å². The van der Waals surface area contributed by atoms with Gasteiger partial charge in [0.05, 0.1) is 0 Å². The number of hydrogen-bond donors (Lipinski definition) is 2. The van der Waals surface area contributed by atoms with E-state index >= 15 is 0 Å². The molecule has 5 nitrogen and oxygen atoms in total. The molecule has 1 heterocycles. The van der Waals surface area contributed by atoms with Gasteiger partial charge in [-0.05, 0) is 50.7 Å². The lowest BCUT2D eigenvalue weighted by atomic mass is 9.97. The molecule has 0 atom stereocenters. The molecule has 2 N–H and O–H groups in total. The van der Waals surface area contributed by atoms with Crippen LogP contribution < -0.4 is 10.6 Å². The van der Waals surface area contributed by atoms with E-state index in [0.29, 0.717) is 12.2 Å². The Hall–Kier alpha value is -1.91. The first kappa shape index (κ1) is 16.5. The van der Waals surface area contributed by atoms with Gasteiger partial charge in [-0.15, -0.1) is 10.2 Å². The highest BCUT2D eigenvalue weighted by atomic mass is 16.1. The van der Waals surface area contributed by atoms with Crippen LogP contribution in [0.15, 0.2) is 23.8 Å². The van der Waals surface area contributed by atoms with Gasteiger partial charge in [-0.2, -0.15) is 0 Å². The number of nitrogens with one attached hydrogen (secondary N) is 2. The monoisotopic (exact) mass is 302 g/mol. The van der Waals surface area contributed by atoms with E-state index in [9.17, 15) is 4.79 Å². The highest BCUT2D eigenvalue weighted by Gasteiger charge is 2.05. The van der Waals surface area contributed by atoms with Crippen molar-refractivity contribution in [3.8, 4) is 0 Å². The molecule has 0 unspecified atom stereocenters. The Labute approximate surface area is 132 Å². The SMILES string of the molecule is CCCCC(=O)Nc1ccc(NCCC2=CCCCC2)nn1. The van der Waals surface area contributed by atoms with Crippen molar-refractivity contribution in [2.24, 2.45) is 0 Å². The number of aromatic nitrogens is 2. The fraction of sp³-hybridized carbons (Fsp3) is 0.588. The van der Waals surface area contributed by atoms with Crippen molar-refractivity contribution in [2.75, 3.05) is 17.2 Å². The quantitative estimate of drug-likeness (QED) is 0.715. The summed E-state index contributed by atoms with van der Waals surface area (Å²) in [6.45, 7) is 2.94. The Morgan fingerprint density at radius 2 is 2.05 bits per heavy atom. The Kier molecular flexibility index (Phi) is 6.87. The minimum absolute atomic E-state index is 0.00101. The van der Waals surface area contributed by atoms with Crippen LogP contribution in [0.1, 0.15) is 58.3 Å². The van der Waals surface area contributed by atoms with Gasteiger partial charge in [0, 0.05) is 13.0 Å². The minimum atomic E-state index is 0.00101. The summed E-state index contributed by atoms with van der Waals surface area (Å²) in [4.78, 5) is 11.6. The second-order valence-corrected chi connectivity index (χ2v) is 5.74. The largest absolute Gasteiger partial charge is 0.368 e. The number of hydrogen-bond acceptors (Lipinski definition) is 4. The first-order valence-electron chi connectivity index (χ1n) is 8.33. The van der Waals surface area contributed by atoms with Crippen molar-refractivity contribution in [3.05, 3.63) is 23.8 Å². The van der Waals surface area contributed by atoms with Gasteiger partial charge in [0.15, 0.2) is 5.82 Å². The van der Waals surface area contributed by atoms with Crippen LogP contribution in [-0.2, 0) is 4.79 Å². The van der Waals surface area contributed by atoms with E-state index in [0.717, 1.165) is 31.6 Å². The molecule has 0 saturated heterocycles. The summed E-state index contributed by atoms with van der Waals surface area (Å²) in [7, 11) is 0. The molecule has 5 heteroatoms. The third-order valence-corrected chi connectivity index (χ3v) is 3.83. The molecule has 0 bridgehead atoms. The van der Waals surface area contributed by atoms with Crippen LogP contribution in [0.5, 0.6) is 0 Å². The molecule has 1 aromatic rings. The molecule has 1 aliphatic rings. The molecule has 0 spiro atoms. The summed E-state index contributed by atoms with van der Waals surface area (Å²) in [5.41, 5.74) is 1.55. The Balaban J connectivity index is 1.72. The zero-order chi connectivity index (χ0) is 15.6.